The molecule has 0 bridgehead atoms. The van der Waals surface area contributed by atoms with E-state index < -0.39 is 36.1 Å². The standard InChI is InChI=1S/C26H43BN4O5S/c1-17(2)20(30-23(33)34-24(3,4)5)21(32)31-12-10-18(11-13-31)16-37-22-28-14-19(15-29-22)27-35-25(6,7)26(8,9)36-27/h14-15,17-18,20H,10-13,16H2,1-9H3,(H,30,33)/t20-/m1/s1. The van der Waals surface area contributed by atoms with Crippen molar-refractivity contribution in [1.29, 1.82) is 0 Å². The van der Waals surface area contributed by atoms with Crippen molar-refractivity contribution in [2.75, 3.05) is 18.8 Å². The fraction of sp³-hybridized carbons (Fsp3) is 0.769. The third-order valence-corrected chi connectivity index (χ3v) is 8.26. The van der Waals surface area contributed by atoms with Crippen molar-refractivity contribution < 1.29 is 23.6 Å². The van der Waals surface area contributed by atoms with Gasteiger partial charge < -0.3 is 24.3 Å². The Morgan fingerprint density at radius 3 is 2.16 bits per heavy atom. The molecule has 9 nitrogen and oxygen atoms in total. The molecule has 1 aromatic heterocycles. The summed E-state index contributed by atoms with van der Waals surface area (Å²) < 4.78 is 17.5. The van der Waals surface area contributed by atoms with Gasteiger partial charge in [0, 0.05) is 36.7 Å². The predicted molar refractivity (Wildman–Crippen MR) is 146 cm³/mol. The fourth-order valence-corrected chi connectivity index (χ4v) is 5.13. The average Bonchev–Trinajstić information content (AvgIpc) is 3.01. The highest BCUT2D eigenvalue weighted by molar-refractivity contribution is 7.99. The molecule has 2 amide bonds. The lowest BCUT2D eigenvalue weighted by Crippen LogP contribution is -2.53. The minimum absolute atomic E-state index is 0.0365. The van der Waals surface area contributed by atoms with Gasteiger partial charge >= 0.3 is 13.2 Å². The zero-order valence-corrected chi connectivity index (χ0v) is 24.6. The Bertz CT molecular complexity index is 927. The maximum Gasteiger partial charge on any atom is 0.498 e. The van der Waals surface area contributed by atoms with E-state index in [1.165, 1.54) is 0 Å². The minimum Gasteiger partial charge on any atom is -0.444 e. The summed E-state index contributed by atoms with van der Waals surface area (Å²) in [7, 11) is -0.467. The first-order chi connectivity index (χ1) is 17.1. The molecular weight excluding hydrogens is 491 g/mol. The summed E-state index contributed by atoms with van der Waals surface area (Å²) >= 11 is 1.63. The van der Waals surface area contributed by atoms with E-state index in [1.807, 2.05) is 46.4 Å². The van der Waals surface area contributed by atoms with Gasteiger partial charge in [0.1, 0.15) is 11.6 Å². The van der Waals surface area contributed by atoms with Gasteiger partial charge in [0.2, 0.25) is 5.91 Å². The highest BCUT2D eigenvalue weighted by atomic mass is 32.2. The lowest BCUT2D eigenvalue weighted by molar-refractivity contribution is -0.135. The molecule has 2 fully saturated rings. The van der Waals surface area contributed by atoms with Gasteiger partial charge in [-0.2, -0.15) is 0 Å². The summed E-state index contributed by atoms with van der Waals surface area (Å²) in [6.07, 6.45) is 4.81. The Labute approximate surface area is 226 Å². The molecular formula is C26H43BN4O5S. The van der Waals surface area contributed by atoms with E-state index >= 15 is 0 Å². The topological polar surface area (TPSA) is 103 Å². The first-order valence-electron chi connectivity index (χ1n) is 13.2. The minimum atomic E-state index is -0.611. The second-order valence-electron chi connectivity index (χ2n) is 12.3. The van der Waals surface area contributed by atoms with E-state index in [9.17, 15) is 9.59 Å². The fourth-order valence-electron chi connectivity index (χ4n) is 4.16. The Balaban J connectivity index is 1.46. The van der Waals surface area contributed by atoms with Gasteiger partial charge in [0.05, 0.1) is 11.2 Å². The third-order valence-electron chi connectivity index (χ3n) is 7.15. The van der Waals surface area contributed by atoms with Crippen molar-refractivity contribution in [2.24, 2.45) is 11.8 Å². The number of carbonyl (C=O) groups excluding carboxylic acids is 2. The number of thioether (sulfide) groups is 1. The second-order valence-corrected chi connectivity index (χ2v) is 13.3. The first kappa shape index (κ1) is 29.7. The van der Waals surface area contributed by atoms with Crippen molar-refractivity contribution >= 4 is 36.3 Å². The van der Waals surface area contributed by atoms with Crippen molar-refractivity contribution in [3.63, 3.8) is 0 Å². The van der Waals surface area contributed by atoms with Crippen LogP contribution in [0.25, 0.3) is 0 Å². The van der Waals surface area contributed by atoms with Crippen LogP contribution in [-0.4, -0.2) is 75.7 Å². The molecule has 1 aromatic rings. The quantitative estimate of drug-likeness (QED) is 0.321. The van der Waals surface area contributed by atoms with Crippen LogP contribution in [0.15, 0.2) is 17.6 Å². The lowest BCUT2D eigenvalue weighted by atomic mass is 9.81. The van der Waals surface area contributed by atoms with Gasteiger partial charge in [-0.1, -0.05) is 25.6 Å². The molecule has 11 heteroatoms. The number of amides is 2. The lowest BCUT2D eigenvalue weighted by Gasteiger charge is -2.35. The number of piperidine rings is 1. The molecule has 3 heterocycles. The number of hydrogen-bond acceptors (Lipinski definition) is 8. The Morgan fingerprint density at radius 2 is 1.68 bits per heavy atom. The number of hydrogen-bond donors (Lipinski definition) is 1. The summed E-state index contributed by atoms with van der Waals surface area (Å²) in [5.74, 6) is 1.28. The maximum atomic E-state index is 13.2. The third kappa shape index (κ3) is 7.83. The van der Waals surface area contributed by atoms with E-state index in [4.69, 9.17) is 14.0 Å². The smallest absolute Gasteiger partial charge is 0.444 e. The monoisotopic (exact) mass is 534 g/mol. The largest absolute Gasteiger partial charge is 0.498 e. The molecule has 2 saturated heterocycles. The number of aromatic nitrogens is 2. The molecule has 0 radical (unpaired) electrons. The normalized spacial score (nSPS) is 20.7. The Hall–Kier alpha value is -1.85. The first-order valence-corrected chi connectivity index (χ1v) is 14.2. The number of likely N-dealkylation sites (tertiary alicyclic amines) is 1. The summed E-state index contributed by atoms with van der Waals surface area (Å²) in [4.78, 5) is 36.3. The van der Waals surface area contributed by atoms with E-state index in [0.29, 0.717) is 19.0 Å². The summed E-state index contributed by atoms with van der Waals surface area (Å²) in [6.45, 7) is 18.7. The van der Waals surface area contributed by atoms with Crippen molar-refractivity contribution in [1.82, 2.24) is 20.2 Å². The molecule has 1 atom stereocenters. The van der Waals surface area contributed by atoms with Crippen molar-refractivity contribution in [3.8, 4) is 0 Å². The van der Waals surface area contributed by atoms with Gasteiger partial charge in [0.25, 0.3) is 0 Å². The highest BCUT2D eigenvalue weighted by Gasteiger charge is 2.52. The van der Waals surface area contributed by atoms with Crippen LogP contribution in [0.5, 0.6) is 0 Å². The summed E-state index contributed by atoms with van der Waals surface area (Å²) in [5.41, 5.74) is -0.597. The number of nitrogens with zero attached hydrogens (tertiary/aromatic N) is 3. The number of alkyl carbamates (subject to hydrolysis) is 1. The van der Waals surface area contributed by atoms with Gasteiger partial charge in [-0.05, 0) is 73.1 Å². The van der Waals surface area contributed by atoms with E-state index in [2.05, 4.69) is 15.3 Å². The number of carbonyl (C=O) groups is 2. The molecule has 0 spiro atoms. The molecule has 206 valence electrons. The molecule has 0 aliphatic carbocycles. The Morgan fingerprint density at radius 1 is 1.14 bits per heavy atom. The highest BCUT2D eigenvalue weighted by Crippen LogP contribution is 2.36. The van der Waals surface area contributed by atoms with Crippen LogP contribution in [-0.2, 0) is 18.8 Å². The predicted octanol–water partition coefficient (Wildman–Crippen LogP) is 3.66. The zero-order chi connectivity index (χ0) is 27.6. The molecule has 0 saturated carbocycles. The van der Waals surface area contributed by atoms with E-state index in [0.717, 1.165) is 29.2 Å². The van der Waals surface area contributed by atoms with Crippen LogP contribution in [0.1, 0.15) is 75.2 Å². The SMILES string of the molecule is CC(C)[C@@H](NC(=O)OC(C)(C)C)C(=O)N1CCC(CSc2ncc(B3OC(C)(C)C(C)(C)O3)cn2)CC1. The van der Waals surface area contributed by atoms with Crippen molar-refractivity contribution in [2.45, 2.75) is 103 Å². The van der Waals surface area contributed by atoms with Crippen LogP contribution >= 0.6 is 11.8 Å². The molecule has 0 aromatic carbocycles. The molecule has 0 unspecified atom stereocenters. The molecule has 3 rings (SSSR count). The maximum absolute atomic E-state index is 13.2. The second kappa shape index (κ2) is 11.5. The molecule has 2 aliphatic heterocycles. The van der Waals surface area contributed by atoms with E-state index in [1.54, 1.807) is 44.9 Å². The van der Waals surface area contributed by atoms with Crippen molar-refractivity contribution in [3.05, 3.63) is 12.4 Å². The average molecular weight is 535 g/mol. The zero-order valence-electron chi connectivity index (χ0n) is 23.8. The number of ether oxygens (including phenoxy) is 1. The van der Waals surface area contributed by atoms with Crippen LogP contribution in [0.3, 0.4) is 0 Å². The van der Waals surface area contributed by atoms with Gasteiger partial charge in [-0.15, -0.1) is 0 Å². The molecule has 2 aliphatic rings. The molecule has 1 N–H and O–H groups in total. The summed E-state index contributed by atoms with van der Waals surface area (Å²) in [6, 6.07) is -0.600. The number of nitrogens with one attached hydrogen (secondary N) is 1. The van der Waals surface area contributed by atoms with Gasteiger partial charge in [-0.25, -0.2) is 14.8 Å². The number of rotatable bonds is 7. The van der Waals surface area contributed by atoms with Gasteiger partial charge in [0.15, 0.2) is 5.16 Å². The van der Waals surface area contributed by atoms with Gasteiger partial charge in [-0.3, -0.25) is 4.79 Å². The van der Waals surface area contributed by atoms with Crippen LogP contribution < -0.4 is 10.8 Å². The van der Waals surface area contributed by atoms with Crippen LogP contribution in [0, 0.1) is 11.8 Å². The Kier molecular flexibility index (Phi) is 9.23. The summed E-state index contributed by atoms with van der Waals surface area (Å²) in [5, 5.41) is 3.49. The van der Waals surface area contributed by atoms with Crippen LogP contribution in [0.2, 0.25) is 0 Å². The molecule has 37 heavy (non-hydrogen) atoms. The van der Waals surface area contributed by atoms with Crippen LogP contribution in [0.4, 0.5) is 4.79 Å². The van der Waals surface area contributed by atoms with E-state index in [-0.39, 0.29) is 11.8 Å².